The van der Waals surface area contributed by atoms with Crippen LogP contribution >= 0.6 is 0 Å². The number of benzene rings is 1. The zero-order valence-electron chi connectivity index (χ0n) is 17.8. The van der Waals surface area contributed by atoms with Crippen LogP contribution in [0.3, 0.4) is 0 Å². The van der Waals surface area contributed by atoms with Gasteiger partial charge in [-0.1, -0.05) is 47.6 Å². The molecule has 0 spiro atoms. The van der Waals surface area contributed by atoms with Crippen molar-refractivity contribution in [3.63, 3.8) is 0 Å². The maximum Gasteiger partial charge on any atom is 0.230 e. The monoisotopic (exact) mass is 417 g/mol. The van der Waals surface area contributed by atoms with Crippen LogP contribution in [0.4, 0.5) is 20.4 Å². The topological polar surface area (TPSA) is 88.2 Å². The van der Waals surface area contributed by atoms with Crippen molar-refractivity contribution in [1.29, 1.82) is 0 Å². The van der Waals surface area contributed by atoms with Gasteiger partial charge in [-0.2, -0.15) is 0 Å². The summed E-state index contributed by atoms with van der Waals surface area (Å²) in [5, 5.41) is 5.13. The minimum absolute atomic E-state index is 0.0877. The van der Waals surface area contributed by atoms with Gasteiger partial charge in [0, 0.05) is 10.8 Å². The average Bonchev–Trinajstić information content (AvgIpc) is 2.60. The van der Waals surface area contributed by atoms with E-state index >= 15 is 0 Å². The van der Waals surface area contributed by atoms with Crippen LogP contribution in [0.25, 0.3) is 0 Å². The smallest absolute Gasteiger partial charge is 0.230 e. The predicted molar refractivity (Wildman–Crippen MR) is 110 cm³/mol. The van der Waals surface area contributed by atoms with E-state index in [1.807, 2.05) is 0 Å². The zero-order valence-corrected chi connectivity index (χ0v) is 17.8. The van der Waals surface area contributed by atoms with Crippen LogP contribution in [0.2, 0.25) is 0 Å². The zero-order chi connectivity index (χ0) is 22.9. The lowest BCUT2D eigenvalue weighted by molar-refractivity contribution is -0.123. The van der Waals surface area contributed by atoms with Crippen LogP contribution in [0.15, 0.2) is 30.3 Å². The Morgan fingerprint density at radius 3 is 1.80 bits per heavy atom. The number of aromatic nitrogens is 1. The molecule has 6 nitrogen and oxygen atoms in total. The van der Waals surface area contributed by atoms with Crippen LogP contribution < -0.4 is 10.6 Å². The summed E-state index contributed by atoms with van der Waals surface area (Å²) < 4.78 is 28.3. The average molecular weight is 417 g/mol. The highest BCUT2D eigenvalue weighted by atomic mass is 19.1. The second-order valence-electron chi connectivity index (χ2n) is 8.93. The second kappa shape index (κ2) is 8.30. The lowest BCUT2D eigenvalue weighted by Crippen LogP contribution is -2.30. The van der Waals surface area contributed by atoms with Gasteiger partial charge in [0.25, 0.3) is 0 Å². The number of carbonyl (C=O) groups excluding carboxylic acids is 3. The highest BCUT2D eigenvalue weighted by Gasteiger charge is 2.28. The molecule has 0 unspecified atom stereocenters. The van der Waals surface area contributed by atoms with Gasteiger partial charge in [0.1, 0.15) is 23.3 Å². The molecule has 30 heavy (non-hydrogen) atoms. The van der Waals surface area contributed by atoms with E-state index in [0.717, 1.165) is 18.2 Å². The van der Waals surface area contributed by atoms with E-state index in [-0.39, 0.29) is 23.1 Å². The summed E-state index contributed by atoms with van der Waals surface area (Å²) in [4.78, 5) is 41.8. The molecule has 0 radical (unpaired) electrons. The Bertz CT molecular complexity index is 985. The first-order valence-corrected chi connectivity index (χ1v) is 9.34. The summed E-state index contributed by atoms with van der Waals surface area (Å²) in [6.45, 7) is 10.1. The number of carbonyl (C=O) groups is 3. The minimum Gasteiger partial charge on any atom is -0.310 e. The summed E-state index contributed by atoms with van der Waals surface area (Å²) in [6.07, 6.45) is 0. The molecule has 1 heterocycles. The molecular weight excluding hydrogens is 392 g/mol. The number of nitrogens with zero attached hydrogens (tertiary/aromatic N) is 1. The van der Waals surface area contributed by atoms with E-state index in [1.54, 1.807) is 41.5 Å². The summed E-state index contributed by atoms with van der Waals surface area (Å²) in [5.41, 5.74) is -2.49. The van der Waals surface area contributed by atoms with Crippen LogP contribution in [-0.4, -0.2) is 22.6 Å². The van der Waals surface area contributed by atoms with Crippen molar-refractivity contribution < 1.29 is 23.2 Å². The molecule has 160 valence electrons. The first-order valence-electron chi connectivity index (χ1n) is 9.34. The Labute approximate surface area is 174 Å². The van der Waals surface area contributed by atoms with Gasteiger partial charge in [0.2, 0.25) is 17.6 Å². The molecule has 0 aliphatic rings. The minimum atomic E-state index is -1.03. The van der Waals surface area contributed by atoms with Crippen LogP contribution in [0, 0.1) is 22.5 Å². The predicted octanol–water partition coefficient (Wildman–Crippen LogP) is 4.56. The van der Waals surface area contributed by atoms with Gasteiger partial charge in [-0.25, -0.2) is 13.8 Å². The number of hydrogen-bond acceptors (Lipinski definition) is 4. The van der Waals surface area contributed by atoms with Crippen LogP contribution in [-0.2, 0) is 9.59 Å². The number of amides is 2. The second-order valence-corrected chi connectivity index (χ2v) is 8.93. The Balaban J connectivity index is 2.54. The number of rotatable bonds is 4. The number of anilines is 2. The van der Waals surface area contributed by atoms with E-state index in [4.69, 9.17) is 0 Å². The third kappa shape index (κ3) is 5.25. The molecule has 0 saturated carbocycles. The number of nitrogens with one attached hydrogen (secondary N) is 2. The fourth-order valence-electron chi connectivity index (χ4n) is 2.26. The lowest BCUT2D eigenvalue weighted by Gasteiger charge is -2.20. The molecule has 1 aromatic heterocycles. The van der Waals surface area contributed by atoms with Crippen molar-refractivity contribution in [3.05, 3.63) is 53.1 Å². The van der Waals surface area contributed by atoms with Gasteiger partial charge in [0.15, 0.2) is 0 Å². The van der Waals surface area contributed by atoms with E-state index in [1.165, 1.54) is 12.1 Å². The molecule has 2 rings (SSSR count). The molecule has 0 saturated heterocycles. The van der Waals surface area contributed by atoms with Gasteiger partial charge in [-0.15, -0.1) is 0 Å². The van der Waals surface area contributed by atoms with Gasteiger partial charge in [-0.3, -0.25) is 14.4 Å². The van der Waals surface area contributed by atoms with Crippen molar-refractivity contribution in [3.8, 4) is 0 Å². The first-order chi connectivity index (χ1) is 13.7. The Morgan fingerprint density at radius 1 is 0.800 bits per heavy atom. The molecule has 0 aliphatic carbocycles. The summed E-state index contributed by atoms with van der Waals surface area (Å²) >= 11 is 0. The molecule has 0 aliphatic heterocycles. The SMILES string of the molecule is CC(C)(C)C(=O)Nc1ccc(C(=O)c2c(F)cccc2F)c(NC(=O)C(C)(C)C)n1. The van der Waals surface area contributed by atoms with Gasteiger partial charge in [0.05, 0.1) is 11.1 Å². The molecule has 2 N–H and O–H groups in total. The molecule has 0 bridgehead atoms. The maximum absolute atomic E-state index is 14.1. The van der Waals surface area contributed by atoms with E-state index in [9.17, 15) is 23.2 Å². The van der Waals surface area contributed by atoms with E-state index < -0.39 is 39.7 Å². The number of pyridine rings is 1. The van der Waals surface area contributed by atoms with Crippen molar-refractivity contribution in [1.82, 2.24) is 4.98 Å². The normalized spacial score (nSPS) is 11.7. The molecule has 2 amide bonds. The maximum atomic E-state index is 14.1. The Morgan fingerprint density at radius 2 is 1.30 bits per heavy atom. The largest absolute Gasteiger partial charge is 0.310 e. The highest BCUT2D eigenvalue weighted by Crippen LogP contribution is 2.26. The lowest BCUT2D eigenvalue weighted by atomic mass is 9.95. The standard InChI is InChI=1S/C22H25F2N3O3/c1-21(2,3)19(29)26-15-11-10-12(18(25-15)27-20(30)22(4,5)6)17(28)16-13(23)8-7-9-14(16)24/h7-11H,1-6H3,(H2,25,26,27,29,30). The molecule has 1 aromatic carbocycles. The van der Waals surface area contributed by atoms with Gasteiger partial charge < -0.3 is 10.6 Å². The molecule has 0 atom stereocenters. The van der Waals surface area contributed by atoms with Crippen LogP contribution in [0.1, 0.15) is 57.5 Å². The fourth-order valence-corrected chi connectivity index (χ4v) is 2.26. The molecule has 0 fully saturated rings. The van der Waals surface area contributed by atoms with Gasteiger partial charge in [-0.05, 0) is 24.3 Å². The molecule has 8 heteroatoms. The summed E-state index contributed by atoms with van der Waals surface area (Å²) in [7, 11) is 0. The Hall–Kier alpha value is -3.16. The summed E-state index contributed by atoms with van der Waals surface area (Å²) in [5.74, 6) is -3.94. The number of ketones is 1. The van der Waals surface area contributed by atoms with Crippen molar-refractivity contribution >= 4 is 29.2 Å². The van der Waals surface area contributed by atoms with Crippen LogP contribution in [0.5, 0.6) is 0 Å². The van der Waals surface area contributed by atoms with Gasteiger partial charge >= 0.3 is 0 Å². The number of halogens is 2. The van der Waals surface area contributed by atoms with Crippen molar-refractivity contribution in [2.45, 2.75) is 41.5 Å². The Kier molecular flexibility index (Phi) is 6.39. The third-order valence-corrected chi connectivity index (χ3v) is 4.17. The molecule has 2 aromatic rings. The summed E-state index contributed by atoms with van der Waals surface area (Å²) in [6, 6.07) is 5.68. The first kappa shape index (κ1) is 23.1. The third-order valence-electron chi connectivity index (χ3n) is 4.17. The van der Waals surface area contributed by atoms with Crippen molar-refractivity contribution in [2.24, 2.45) is 10.8 Å². The van der Waals surface area contributed by atoms with E-state index in [0.29, 0.717) is 0 Å². The van der Waals surface area contributed by atoms with Crippen molar-refractivity contribution in [2.75, 3.05) is 10.6 Å². The molecular formula is C22H25F2N3O3. The highest BCUT2D eigenvalue weighted by molar-refractivity contribution is 6.14. The quantitative estimate of drug-likeness (QED) is 0.714. The van der Waals surface area contributed by atoms with E-state index in [2.05, 4.69) is 15.6 Å². The number of hydrogen-bond donors (Lipinski definition) is 2. The fraction of sp³-hybridized carbons (Fsp3) is 0.364.